The molecule has 0 saturated heterocycles. The Morgan fingerprint density at radius 1 is 1.12 bits per heavy atom. The Morgan fingerprint density at radius 3 is 2.21 bits per heavy atom. The van der Waals surface area contributed by atoms with Crippen molar-refractivity contribution in [3.8, 4) is 17.4 Å². The maximum absolute atomic E-state index is 12.1. The second kappa shape index (κ2) is 7.24. The molecule has 0 fully saturated rings. The van der Waals surface area contributed by atoms with Gasteiger partial charge >= 0.3 is 17.6 Å². The Balaban J connectivity index is 2.73. The summed E-state index contributed by atoms with van der Waals surface area (Å²) in [6.45, 7) is 0. The average molecular weight is 327 g/mol. The number of hydrogen-bond donors (Lipinski definition) is 0. The topological polar surface area (TPSA) is 107 Å². The number of esters is 2. The van der Waals surface area contributed by atoms with Gasteiger partial charge in [-0.2, -0.15) is 5.26 Å². The summed E-state index contributed by atoms with van der Waals surface area (Å²) in [5, 5.41) is 9.20. The Labute approximate surface area is 137 Å². The molecule has 0 atom stereocenters. The van der Waals surface area contributed by atoms with Gasteiger partial charge in [-0.05, 0) is 6.07 Å². The number of benzene rings is 1. The van der Waals surface area contributed by atoms with E-state index in [0.29, 0.717) is 5.56 Å². The van der Waals surface area contributed by atoms with Crippen molar-refractivity contribution in [1.29, 1.82) is 5.26 Å². The molecular formula is C17H13NO6. The van der Waals surface area contributed by atoms with Crippen LogP contribution in [0.2, 0.25) is 0 Å². The number of nitrogens with zero attached hydrogens (tertiary/aromatic N) is 1. The van der Waals surface area contributed by atoms with Gasteiger partial charge in [-0.3, -0.25) is 9.59 Å². The van der Waals surface area contributed by atoms with Gasteiger partial charge < -0.3 is 13.9 Å². The number of hydrogen-bond acceptors (Lipinski definition) is 7. The summed E-state index contributed by atoms with van der Waals surface area (Å²) < 4.78 is 14.3. The van der Waals surface area contributed by atoms with Crippen molar-refractivity contribution < 1.29 is 23.5 Å². The van der Waals surface area contributed by atoms with E-state index >= 15 is 0 Å². The van der Waals surface area contributed by atoms with Crippen LogP contribution in [0.4, 0.5) is 0 Å². The van der Waals surface area contributed by atoms with E-state index in [1.807, 2.05) is 0 Å². The molecule has 0 aliphatic rings. The molecule has 24 heavy (non-hydrogen) atoms. The van der Waals surface area contributed by atoms with Gasteiger partial charge in [0.05, 0.1) is 14.2 Å². The molecule has 2 aromatic rings. The Morgan fingerprint density at radius 2 is 1.71 bits per heavy atom. The molecule has 7 heteroatoms. The lowest BCUT2D eigenvalue weighted by Crippen LogP contribution is -2.27. The highest BCUT2D eigenvalue weighted by Crippen LogP contribution is 2.26. The van der Waals surface area contributed by atoms with Crippen molar-refractivity contribution in [3.05, 3.63) is 57.9 Å². The van der Waals surface area contributed by atoms with Gasteiger partial charge in [-0.1, -0.05) is 30.3 Å². The van der Waals surface area contributed by atoms with Crippen molar-refractivity contribution in [3.63, 3.8) is 0 Å². The van der Waals surface area contributed by atoms with Crippen LogP contribution >= 0.6 is 0 Å². The monoisotopic (exact) mass is 327 g/mol. The summed E-state index contributed by atoms with van der Waals surface area (Å²) >= 11 is 0. The highest BCUT2D eigenvalue weighted by molar-refractivity contribution is 6.01. The van der Waals surface area contributed by atoms with E-state index in [9.17, 15) is 19.6 Å². The van der Waals surface area contributed by atoms with Crippen molar-refractivity contribution >= 4 is 11.9 Å². The number of nitriles is 1. The third kappa shape index (κ3) is 3.17. The summed E-state index contributed by atoms with van der Waals surface area (Å²) in [6, 6.07) is 11.5. The van der Waals surface area contributed by atoms with Crippen molar-refractivity contribution in [2.45, 2.75) is 5.92 Å². The summed E-state index contributed by atoms with van der Waals surface area (Å²) in [5.74, 6) is -3.32. The van der Waals surface area contributed by atoms with Crippen LogP contribution in [0, 0.1) is 11.3 Å². The number of methoxy groups -OCH3 is 2. The van der Waals surface area contributed by atoms with Crippen LogP contribution in [0.1, 0.15) is 17.0 Å². The molecule has 0 aliphatic carbocycles. The minimum absolute atomic E-state index is 0.118. The second-order valence-electron chi connectivity index (χ2n) is 4.69. The molecule has 122 valence electrons. The van der Waals surface area contributed by atoms with Gasteiger partial charge in [-0.15, -0.1) is 0 Å². The molecule has 0 spiro atoms. The molecule has 1 heterocycles. The van der Waals surface area contributed by atoms with Crippen LogP contribution in [0.5, 0.6) is 0 Å². The molecule has 0 aliphatic heterocycles. The molecule has 0 saturated carbocycles. The molecule has 0 bridgehead atoms. The summed E-state index contributed by atoms with van der Waals surface area (Å²) in [7, 11) is 2.18. The Bertz CT molecular complexity index is 847. The Kier molecular flexibility index (Phi) is 5.12. The quantitative estimate of drug-likeness (QED) is 0.620. The average Bonchev–Trinajstić information content (AvgIpc) is 2.61. The van der Waals surface area contributed by atoms with Crippen LogP contribution < -0.4 is 5.63 Å². The fourth-order valence-electron chi connectivity index (χ4n) is 2.18. The third-order valence-electron chi connectivity index (χ3n) is 3.34. The zero-order chi connectivity index (χ0) is 17.7. The zero-order valence-corrected chi connectivity index (χ0v) is 12.9. The van der Waals surface area contributed by atoms with E-state index in [1.54, 1.807) is 36.4 Å². The van der Waals surface area contributed by atoms with Gasteiger partial charge in [0.25, 0.3) is 0 Å². The first-order valence-electron chi connectivity index (χ1n) is 6.82. The first-order valence-corrected chi connectivity index (χ1v) is 6.82. The largest absolute Gasteiger partial charge is 0.468 e. The first-order chi connectivity index (χ1) is 11.5. The molecule has 0 N–H and O–H groups in total. The SMILES string of the molecule is COC(=O)C(C(=O)OC)c1cc(-c2ccccc2)oc(=O)c1C#N. The molecule has 0 unspecified atom stereocenters. The van der Waals surface area contributed by atoms with Gasteiger partial charge in [0.1, 0.15) is 17.4 Å². The number of rotatable bonds is 4. The van der Waals surface area contributed by atoms with E-state index < -0.39 is 29.0 Å². The van der Waals surface area contributed by atoms with Crippen LogP contribution in [0.15, 0.2) is 45.6 Å². The highest BCUT2D eigenvalue weighted by Gasteiger charge is 2.34. The van der Waals surface area contributed by atoms with E-state index in [-0.39, 0.29) is 11.3 Å². The molecule has 7 nitrogen and oxygen atoms in total. The maximum atomic E-state index is 12.1. The zero-order valence-electron chi connectivity index (χ0n) is 12.9. The van der Waals surface area contributed by atoms with Crippen molar-refractivity contribution in [2.75, 3.05) is 14.2 Å². The van der Waals surface area contributed by atoms with Crippen LogP contribution in [-0.2, 0) is 19.1 Å². The normalized spacial score (nSPS) is 10.1. The van der Waals surface area contributed by atoms with E-state index in [1.165, 1.54) is 6.07 Å². The van der Waals surface area contributed by atoms with Gasteiger partial charge in [0, 0.05) is 11.1 Å². The highest BCUT2D eigenvalue weighted by atomic mass is 16.5. The van der Waals surface area contributed by atoms with Gasteiger partial charge in [0.15, 0.2) is 5.92 Å². The molecule has 2 rings (SSSR count). The standard InChI is InChI=1S/C17H13NO6/c1-22-16(20)14(17(21)23-2)11-8-13(10-6-4-3-5-7-10)24-15(19)12(11)9-18/h3-8,14H,1-2H3. The summed E-state index contributed by atoms with van der Waals surface area (Å²) in [6.07, 6.45) is 0. The van der Waals surface area contributed by atoms with Crippen LogP contribution in [-0.4, -0.2) is 26.2 Å². The number of carbonyl (C=O) groups excluding carboxylic acids is 2. The van der Waals surface area contributed by atoms with Crippen molar-refractivity contribution in [2.24, 2.45) is 0 Å². The minimum atomic E-state index is -1.55. The molecular weight excluding hydrogens is 314 g/mol. The lowest BCUT2D eigenvalue weighted by Gasteiger charge is -2.14. The van der Waals surface area contributed by atoms with E-state index in [2.05, 4.69) is 9.47 Å². The summed E-state index contributed by atoms with van der Waals surface area (Å²) in [4.78, 5) is 36.0. The van der Waals surface area contributed by atoms with Crippen molar-refractivity contribution in [1.82, 2.24) is 0 Å². The fraction of sp³-hybridized carbons (Fsp3) is 0.176. The molecule has 0 radical (unpaired) electrons. The third-order valence-corrected chi connectivity index (χ3v) is 3.34. The first kappa shape index (κ1) is 17.0. The summed E-state index contributed by atoms with van der Waals surface area (Å²) in [5.41, 5.74) is -0.970. The van der Waals surface area contributed by atoms with E-state index in [4.69, 9.17) is 4.42 Å². The van der Waals surface area contributed by atoms with E-state index in [0.717, 1.165) is 14.2 Å². The minimum Gasteiger partial charge on any atom is -0.468 e. The van der Waals surface area contributed by atoms with Crippen LogP contribution in [0.25, 0.3) is 11.3 Å². The maximum Gasteiger partial charge on any atom is 0.354 e. The smallest absolute Gasteiger partial charge is 0.354 e. The molecule has 1 aromatic carbocycles. The van der Waals surface area contributed by atoms with Crippen LogP contribution in [0.3, 0.4) is 0 Å². The second-order valence-corrected chi connectivity index (χ2v) is 4.69. The predicted octanol–water partition coefficient (Wildman–Crippen LogP) is 1.61. The number of ether oxygens (including phenoxy) is 2. The predicted molar refractivity (Wildman–Crippen MR) is 81.9 cm³/mol. The Hall–Kier alpha value is -3.40. The lowest BCUT2D eigenvalue weighted by atomic mass is 9.94. The van der Waals surface area contributed by atoms with Gasteiger partial charge in [-0.25, -0.2) is 4.79 Å². The van der Waals surface area contributed by atoms with Gasteiger partial charge in [0.2, 0.25) is 0 Å². The lowest BCUT2D eigenvalue weighted by molar-refractivity contribution is -0.154. The number of carbonyl (C=O) groups is 2. The molecule has 1 aromatic heterocycles. The fourth-order valence-corrected chi connectivity index (χ4v) is 2.18. The molecule has 0 amide bonds.